The fourth-order valence-electron chi connectivity index (χ4n) is 2.88. The topological polar surface area (TPSA) is 20.3 Å². The van der Waals surface area contributed by atoms with Crippen LogP contribution in [-0.4, -0.2) is 28.7 Å². The van der Waals surface area contributed by atoms with Gasteiger partial charge in [-0.05, 0) is 43.5 Å². The minimum atomic E-state index is 0.173. The first-order valence-electron chi connectivity index (χ1n) is 7.26. The minimum absolute atomic E-state index is 0.173. The molecule has 0 unspecified atom stereocenters. The summed E-state index contributed by atoms with van der Waals surface area (Å²) in [4.78, 5) is 14.9. The molecule has 2 rings (SSSR count). The molecule has 0 heterocycles. The first kappa shape index (κ1) is 16.0. The monoisotopic (exact) mass is 401 g/mol. The van der Waals surface area contributed by atoms with Crippen molar-refractivity contribution in [3.05, 3.63) is 33.8 Å². The molecule has 0 spiro atoms. The lowest BCUT2D eigenvalue weighted by atomic mass is 9.93. The summed E-state index contributed by atoms with van der Waals surface area (Å²) < 4.78 is 1.05. The average molecular weight is 403 g/mol. The molecule has 0 radical (unpaired) electrons. The number of nitrogens with zero attached hydrogens (tertiary/aromatic N) is 1. The lowest BCUT2D eigenvalue weighted by Crippen LogP contribution is -2.42. The van der Waals surface area contributed by atoms with Crippen molar-refractivity contribution in [2.75, 3.05) is 11.9 Å². The van der Waals surface area contributed by atoms with E-state index in [1.807, 2.05) is 25.1 Å². The highest BCUT2D eigenvalue weighted by atomic mass is 79.9. The molecule has 1 aliphatic carbocycles. The van der Waals surface area contributed by atoms with Crippen molar-refractivity contribution < 1.29 is 4.79 Å². The summed E-state index contributed by atoms with van der Waals surface area (Å²) in [6.45, 7) is 2.81. The number of hydrogen-bond donors (Lipinski definition) is 0. The fraction of sp³-hybridized carbons (Fsp3) is 0.562. The number of alkyl halides is 1. The Balaban J connectivity index is 2.18. The molecule has 0 saturated heterocycles. The van der Waals surface area contributed by atoms with Gasteiger partial charge in [0.05, 0.1) is 0 Å². The van der Waals surface area contributed by atoms with E-state index in [-0.39, 0.29) is 5.91 Å². The summed E-state index contributed by atoms with van der Waals surface area (Å²) in [6.07, 6.45) is 6.10. The van der Waals surface area contributed by atoms with E-state index < -0.39 is 0 Å². The minimum Gasteiger partial charge on any atom is -0.335 e. The van der Waals surface area contributed by atoms with Crippen LogP contribution in [0.1, 0.15) is 48.0 Å². The largest absolute Gasteiger partial charge is 0.335 e. The number of aryl methyl sites for hydroxylation is 1. The molecular weight excluding hydrogens is 382 g/mol. The van der Waals surface area contributed by atoms with Gasteiger partial charge in [0.15, 0.2) is 0 Å². The molecule has 2 nitrogen and oxygen atoms in total. The standard InChI is InChI=1S/C16H21Br2NO/c1-12-11-13(7-8-15(12)18)16(20)19(10-9-17)14-5-3-2-4-6-14/h7-8,11,14H,2-6,9-10H2,1H3. The Labute approximate surface area is 138 Å². The molecule has 1 amide bonds. The maximum absolute atomic E-state index is 12.8. The highest BCUT2D eigenvalue weighted by molar-refractivity contribution is 9.10. The van der Waals surface area contributed by atoms with Gasteiger partial charge < -0.3 is 4.90 Å². The van der Waals surface area contributed by atoms with Gasteiger partial charge in [0.2, 0.25) is 0 Å². The molecule has 110 valence electrons. The predicted octanol–water partition coefficient (Wildman–Crippen LogP) is 4.93. The Morgan fingerprint density at radius 1 is 1.30 bits per heavy atom. The molecule has 0 aliphatic heterocycles. The molecular formula is C16H21Br2NO. The molecule has 1 aromatic carbocycles. The summed E-state index contributed by atoms with van der Waals surface area (Å²) in [5.41, 5.74) is 1.91. The van der Waals surface area contributed by atoms with Crippen LogP contribution in [0.4, 0.5) is 0 Å². The van der Waals surface area contributed by atoms with Gasteiger partial charge in [-0.25, -0.2) is 0 Å². The van der Waals surface area contributed by atoms with Crippen molar-refractivity contribution in [3.63, 3.8) is 0 Å². The van der Waals surface area contributed by atoms with Crippen LogP contribution >= 0.6 is 31.9 Å². The Morgan fingerprint density at radius 3 is 2.60 bits per heavy atom. The molecule has 1 aromatic rings. The van der Waals surface area contributed by atoms with Crippen LogP contribution < -0.4 is 0 Å². The van der Waals surface area contributed by atoms with E-state index in [1.54, 1.807) is 0 Å². The molecule has 1 fully saturated rings. The second-order valence-corrected chi connectivity index (χ2v) is 7.09. The van der Waals surface area contributed by atoms with E-state index in [9.17, 15) is 4.79 Å². The zero-order valence-corrected chi connectivity index (χ0v) is 15.0. The number of rotatable bonds is 4. The number of carbonyl (C=O) groups is 1. The smallest absolute Gasteiger partial charge is 0.254 e. The van der Waals surface area contributed by atoms with Crippen LogP contribution in [0.15, 0.2) is 22.7 Å². The van der Waals surface area contributed by atoms with Crippen LogP contribution in [0, 0.1) is 6.92 Å². The van der Waals surface area contributed by atoms with Gasteiger partial charge in [-0.2, -0.15) is 0 Å². The van der Waals surface area contributed by atoms with Gasteiger partial charge in [-0.15, -0.1) is 0 Å². The molecule has 20 heavy (non-hydrogen) atoms. The van der Waals surface area contributed by atoms with Crippen molar-refractivity contribution in [1.82, 2.24) is 4.90 Å². The summed E-state index contributed by atoms with van der Waals surface area (Å²) in [7, 11) is 0. The van der Waals surface area contributed by atoms with Crippen LogP contribution in [0.2, 0.25) is 0 Å². The zero-order valence-electron chi connectivity index (χ0n) is 11.9. The normalized spacial score (nSPS) is 16.1. The SMILES string of the molecule is Cc1cc(C(=O)N(CCBr)C2CCCCC2)ccc1Br. The average Bonchev–Trinajstić information content (AvgIpc) is 2.48. The Morgan fingerprint density at radius 2 is 2.00 bits per heavy atom. The van der Waals surface area contributed by atoms with E-state index in [0.717, 1.165) is 40.3 Å². The van der Waals surface area contributed by atoms with Gasteiger partial charge in [0.1, 0.15) is 0 Å². The van der Waals surface area contributed by atoms with Crippen LogP contribution in [0.5, 0.6) is 0 Å². The lowest BCUT2D eigenvalue weighted by molar-refractivity contribution is 0.0651. The van der Waals surface area contributed by atoms with E-state index >= 15 is 0 Å². The quantitative estimate of drug-likeness (QED) is 0.654. The predicted molar refractivity (Wildman–Crippen MR) is 90.6 cm³/mol. The van der Waals surface area contributed by atoms with E-state index in [2.05, 4.69) is 36.8 Å². The molecule has 1 saturated carbocycles. The number of amides is 1. The second-order valence-electron chi connectivity index (χ2n) is 5.44. The molecule has 4 heteroatoms. The number of carbonyl (C=O) groups excluding carboxylic acids is 1. The van der Waals surface area contributed by atoms with Crippen molar-refractivity contribution in [1.29, 1.82) is 0 Å². The van der Waals surface area contributed by atoms with Gasteiger partial charge in [0.25, 0.3) is 5.91 Å². The maximum atomic E-state index is 12.8. The Hall–Kier alpha value is -0.350. The maximum Gasteiger partial charge on any atom is 0.254 e. The zero-order chi connectivity index (χ0) is 14.5. The highest BCUT2D eigenvalue weighted by Gasteiger charge is 2.25. The van der Waals surface area contributed by atoms with Crippen molar-refractivity contribution >= 4 is 37.8 Å². The van der Waals surface area contributed by atoms with Crippen molar-refractivity contribution in [2.45, 2.75) is 45.1 Å². The first-order chi connectivity index (χ1) is 9.63. The Bertz CT molecular complexity index is 470. The summed E-state index contributed by atoms with van der Waals surface area (Å²) in [5, 5.41) is 0.838. The molecule has 0 aromatic heterocycles. The third-order valence-corrected chi connectivity index (χ3v) is 5.25. The Kier molecular flexibility index (Phi) is 6.09. The van der Waals surface area contributed by atoms with Crippen LogP contribution in [-0.2, 0) is 0 Å². The van der Waals surface area contributed by atoms with Gasteiger partial charge in [-0.3, -0.25) is 4.79 Å². The van der Waals surface area contributed by atoms with Crippen molar-refractivity contribution in [3.8, 4) is 0 Å². The fourth-order valence-corrected chi connectivity index (χ4v) is 3.51. The van der Waals surface area contributed by atoms with E-state index in [0.29, 0.717) is 6.04 Å². The molecule has 0 atom stereocenters. The summed E-state index contributed by atoms with van der Waals surface area (Å²) >= 11 is 6.97. The van der Waals surface area contributed by atoms with Crippen LogP contribution in [0.25, 0.3) is 0 Å². The van der Waals surface area contributed by atoms with Gasteiger partial charge in [0, 0.05) is 28.0 Å². The lowest BCUT2D eigenvalue weighted by Gasteiger charge is -2.34. The highest BCUT2D eigenvalue weighted by Crippen LogP contribution is 2.25. The molecule has 0 N–H and O–H groups in total. The summed E-state index contributed by atoms with van der Waals surface area (Å²) in [5.74, 6) is 0.173. The first-order valence-corrected chi connectivity index (χ1v) is 9.18. The number of hydrogen-bond acceptors (Lipinski definition) is 1. The van der Waals surface area contributed by atoms with E-state index in [4.69, 9.17) is 0 Å². The second kappa shape index (κ2) is 7.60. The van der Waals surface area contributed by atoms with E-state index in [1.165, 1.54) is 19.3 Å². The number of halogens is 2. The number of benzene rings is 1. The molecule has 1 aliphatic rings. The third kappa shape index (κ3) is 3.85. The third-order valence-electron chi connectivity index (χ3n) is 4.01. The summed E-state index contributed by atoms with van der Waals surface area (Å²) in [6, 6.07) is 6.29. The van der Waals surface area contributed by atoms with Crippen LogP contribution in [0.3, 0.4) is 0 Å². The van der Waals surface area contributed by atoms with Gasteiger partial charge >= 0.3 is 0 Å². The van der Waals surface area contributed by atoms with Gasteiger partial charge in [-0.1, -0.05) is 51.1 Å². The van der Waals surface area contributed by atoms with Crippen molar-refractivity contribution in [2.24, 2.45) is 0 Å². The molecule has 0 bridgehead atoms.